The van der Waals surface area contributed by atoms with E-state index in [4.69, 9.17) is 11.6 Å². The molecule has 0 radical (unpaired) electrons. The van der Waals surface area contributed by atoms with Crippen molar-refractivity contribution in [1.29, 1.82) is 0 Å². The van der Waals surface area contributed by atoms with Crippen molar-refractivity contribution in [2.75, 3.05) is 5.32 Å². The highest BCUT2D eigenvalue weighted by atomic mass is 35.5. The predicted octanol–water partition coefficient (Wildman–Crippen LogP) is 4.64. The van der Waals surface area contributed by atoms with Crippen molar-refractivity contribution in [3.05, 3.63) is 94.5 Å². The van der Waals surface area contributed by atoms with Gasteiger partial charge in [-0.3, -0.25) is 9.78 Å². The standard InChI is InChI=1S/C20H15ClFN3O/c21-16-11-14(8-9-17(16)22)24-19-18-15(7-4-10-23-18)20(26)25(19)12-13-5-2-1-3-6-13/h1-11,19,24H,12H2/t19-/m1/s1. The van der Waals surface area contributed by atoms with Gasteiger partial charge in [0.2, 0.25) is 0 Å². The molecule has 1 aromatic heterocycles. The summed E-state index contributed by atoms with van der Waals surface area (Å²) in [7, 11) is 0. The van der Waals surface area contributed by atoms with Crippen molar-refractivity contribution in [3.8, 4) is 0 Å². The fraction of sp³-hybridized carbons (Fsp3) is 0.100. The molecule has 1 atom stereocenters. The Bertz CT molecular complexity index is 964. The first-order valence-electron chi connectivity index (χ1n) is 8.15. The summed E-state index contributed by atoms with van der Waals surface area (Å²) in [6.45, 7) is 0.433. The zero-order chi connectivity index (χ0) is 18.1. The van der Waals surface area contributed by atoms with Gasteiger partial charge in [-0.05, 0) is 35.9 Å². The minimum Gasteiger partial charge on any atom is -0.360 e. The van der Waals surface area contributed by atoms with Gasteiger partial charge in [-0.2, -0.15) is 0 Å². The lowest BCUT2D eigenvalue weighted by Gasteiger charge is -2.26. The van der Waals surface area contributed by atoms with E-state index in [2.05, 4.69) is 10.3 Å². The Morgan fingerprint density at radius 3 is 2.69 bits per heavy atom. The molecule has 2 heterocycles. The van der Waals surface area contributed by atoms with Gasteiger partial charge < -0.3 is 10.2 Å². The van der Waals surface area contributed by atoms with Gasteiger partial charge in [0.05, 0.1) is 16.3 Å². The number of anilines is 1. The summed E-state index contributed by atoms with van der Waals surface area (Å²) in [5.74, 6) is -0.581. The molecule has 1 aliphatic rings. The van der Waals surface area contributed by atoms with E-state index in [-0.39, 0.29) is 10.9 Å². The van der Waals surface area contributed by atoms with Crippen LogP contribution in [0.4, 0.5) is 10.1 Å². The highest BCUT2D eigenvalue weighted by molar-refractivity contribution is 6.31. The number of rotatable bonds is 4. The average molecular weight is 368 g/mol. The molecule has 0 spiro atoms. The summed E-state index contributed by atoms with van der Waals surface area (Å²) in [4.78, 5) is 19.0. The van der Waals surface area contributed by atoms with Crippen molar-refractivity contribution in [2.24, 2.45) is 0 Å². The molecule has 0 aliphatic carbocycles. The number of hydrogen-bond donors (Lipinski definition) is 1. The van der Waals surface area contributed by atoms with Gasteiger partial charge in [0.1, 0.15) is 12.0 Å². The maximum absolute atomic E-state index is 13.4. The first kappa shape index (κ1) is 16.5. The smallest absolute Gasteiger partial charge is 0.258 e. The number of benzene rings is 2. The third-order valence-corrected chi connectivity index (χ3v) is 4.61. The lowest BCUT2D eigenvalue weighted by atomic mass is 10.2. The van der Waals surface area contributed by atoms with Crippen LogP contribution >= 0.6 is 11.6 Å². The summed E-state index contributed by atoms with van der Waals surface area (Å²) < 4.78 is 13.4. The van der Waals surface area contributed by atoms with Crippen LogP contribution in [0, 0.1) is 5.82 Å². The lowest BCUT2D eigenvalue weighted by Crippen LogP contribution is -2.32. The molecule has 3 aromatic rings. The van der Waals surface area contributed by atoms with E-state index in [9.17, 15) is 9.18 Å². The monoisotopic (exact) mass is 367 g/mol. The number of halogens is 2. The second kappa shape index (κ2) is 6.77. The van der Waals surface area contributed by atoms with Crippen molar-refractivity contribution < 1.29 is 9.18 Å². The first-order chi connectivity index (χ1) is 12.6. The molecule has 0 bridgehead atoms. The second-order valence-corrected chi connectivity index (χ2v) is 6.44. The van der Waals surface area contributed by atoms with Gasteiger partial charge in [-0.1, -0.05) is 41.9 Å². The highest BCUT2D eigenvalue weighted by Gasteiger charge is 2.37. The highest BCUT2D eigenvalue weighted by Crippen LogP contribution is 2.34. The fourth-order valence-corrected chi connectivity index (χ4v) is 3.25. The molecule has 6 heteroatoms. The molecule has 4 rings (SSSR count). The van der Waals surface area contributed by atoms with Crippen LogP contribution in [-0.4, -0.2) is 15.8 Å². The van der Waals surface area contributed by atoms with Crippen molar-refractivity contribution in [1.82, 2.24) is 9.88 Å². The Morgan fingerprint density at radius 2 is 1.92 bits per heavy atom. The molecule has 2 aromatic carbocycles. The van der Waals surface area contributed by atoms with Gasteiger partial charge >= 0.3 is 0 Å². The third kappa shape index (κ3) is 3.02. The molecular weight excluding hydrogens is 353 g/mol. The number of amides is 1. The van der Waals surface area contributed by atoms with E-state index in [0.717, 1.165) is 5.56 Å². The van der Waals surface area contributed by atoms with Crippen LogP contribution in [0.3, 0.4) is 0 Å². The van der Waals surface area contributed by atoms with Crippen LogP contribution in [0.15, 0.2) is 66.9 Å². The lowest BCUT2D eigenvalue weighted by molar-refractivity contribution is 0.0728. The summed E-state index contributed by atoms with van der Waals surface area (Å²) in [6.07, 6.45) is 1.20. The minimum atomic E-state index is -0.487. The van der Waals surface area contributed by atoms with E-state index in [1.807, 2.05) is 30.3 Å². The largest absolute Gasteiger partial charge is 0.360 e. The van der Waals surface area contributed by atoms with Gasteiger partial charge in [0, 0.05) is 18.4 Å². The Morgan fingerprint density at radius 1 is 1.12 bits per heavy atom. The van der Waals surface area contributed by atoms with Crippen molar-refractivity contribution in [2.45, 2.75) is 12.7 Å². The summed E-state index contributed by atoms with van der Waals surface area (Å²) >= 11 is 5.88. The molecule has 4 nitrogen and oxygen atoms in total. The third-order valence-electron chi connectivity index (χ3n) is 4.32. The number of fused-ring (bicyclic) bond motifs is 1. The Hall–Kier alpha value is -2.92. The number of carbonyl (C=O) groups is 1. The topological polar surface area (TPSA) is 45.2 Å². The quantitative estimate of drug-likeness (QED) is 0.730. The number of aromatic nitrogens is 1. The van der Waals surface area contributed by atoms with Crippen LogP contribution in [0.2, 0.25) is 5.02 Å². The number of nitrogens with zero attached hydrogens (tertiary/aromatic N) is 2. The molecule has 0 saturated heterocycles. The maximum Gasteiger partial charge on any atom is 0.258 e. The van der Waals surface area contributed by atoms with Gasteiger partial charge in [0.15, 0.2) is 0 Å². The van der Waals surface area contributed by atoms with E-state index in [1.54, 1.807) is 29.3 Å². The summed E-state index contributed by atoms with van der Waals surface area (Å²) in [5, 5.41) is 3.28. The minimum absolute atomic E-state index is 0.0233. The first-order valence-corrected chi connectivity index (χ1v) is 8.52. The average Bonchev–Trinajstić information content (AvgIpc) is 2.92. The van der Waals surface area contributed by atoms with E-state index in [1.165, 1.54) is 12.1 Å². The predicted molar refractivity (Wildman–Crippen MR) is 98.3 cm³/mol. The summed E-state index contributed by atoms with van der Waals surface area (Å²) in [6, 6.07) is 17.6. The maximum atomic E-state index is 13.4. The number of carbonyl (C=O) groups excluding carboxylic acids is 1. The van der Waals surface area contributed by atoms with E-state index in [0.29, 0.717) is 23.5 Å². The molecular formula is C20H15ClFN3O. The molecule has 130 valence electrons. The molecule has 1 N–H and O–H groups in total. The zero-order valence-electron chi connectivity index (χ0n) is 13.7. The van der Waals surface area contributed by atoms with Crippen LogP contribution in [0.1, 0.15) is 27.8 Å². The molecule has 0 fully saturated rings. The summed E-state index contributed by atoms with van der Waals surface area (Å²) in [5.41, 5.74) is 2.84. The number of pyridine rings is 1. The van der Waals surface area contributed by atoms with Crippen LogP contribution in [-0.2, 0) is 6.54 Å². The molecule has 0 saturated carbocycles. The molecule has 0 unspecified atom stereocenters. The van der Waals surface area contributed by atoms with Crippen LogP contribution < -0.4 is 5.32 Å². The number of hydrogen-bond acceptors (Lipinski definition) is 3. The molecule has 1 amide bonds. The molecule has 26 heavy (non-hydrogen) atoms. The van der Waals surface area contributed by atoms with Gasteiger partial charge in [0.25, 0.3) is 5.91 Å². The van der Waals surface area contributed by atoms with Crippen LogP contribution in [0.25, 0.3) is 0 Å². The normalized spacial score (nSPS) is 15.8. The Labute approximate surface area is 155 Å². The zero-order valence-corrected chi connectivity index (χ0v) is 14.4. The SMILES string of the molecule is O=C1c2cccnc2[C@H](Nc2ccc(F)c(Cl)c2)N1Cc1ccccc1. The van der Waals surface area contributed by atoms with E-state index < -0.39 is 12.0 Å². The van der Waals surface area contributed by atoms with Crippen LogP contribution in [0.5, 0.6) is 0 Å². The second-order valence-electron chi connectivity index (χ2n) is 6.03. The Kier molecular flexibility index (Phi) is 4.31. The van der Waals surface area contributed by atoms with Gasteiger partial charge in [-0.25, -0.2) is 4.39 Å². The van der Waals surface area contributed by atoms with Gasteiger partial charge in [-0.15, -0.1) is 0 Å². The van der Waals surface area contributed by atoms with Crippen molar-refractivity contribution >= 4 is 23.2 Å². The Balaban J connectivity index is 1.69. The van der Waals surface area contributed by atoms with E-state index >= 15 is 0 Å². The fourth-order valence-electron chi connectivity index (χ4n) is 3.07. The van der Waals surface area contributed by atoms with Crippen molar-refractivity contribution in [3.63, 3.8) is 0 Å². The number of nitrogens with one attached hydrogen (secondary N) is 1. The molecule has 1 aliphatic heterocycles.